The van der Waals surface area contributed by atoms with Crippen LogP contribution in [0.2, 0.25) is 0 Å². The molecule has 0 aliphatic carbocycles. The number of halogens is 4. The van der Waals surface area contributed by atoms with Crippen molar-refractivity contribution < 1.29 is 17.6 Å². The number of aromatic nitrogens is 2. The highest BCUT2D eigenvalue weighted by Gasteiger charge is 2.34. The third-order valence-electron chi connectivity index (χ3n) is 2.93. The molecule has 1 heterocycles. The van der Waals surface area contributed by atoms with Crippen molar-refractivity contribution in [1.82, 2.24) is 9.97 Å². The molecule has 1 aromatic heterocycles. The summed E-state index contributed by atoms with van der Waals surface area (Å²) in [5, 5.41) is 2.46. The van der Waals surface area contributed by atoms with Gasteiger partial charge in [0.1, 0.15) is 5.82 Å². The molecule has 0 unspecified atom stereocenters. The Labute approximate surface area is 119 Å². The number of rotatable bonds is 2. The van der Waals surface area contributed by atoms with Crippen LogP contribution in [0.15, 0.2) is 18.2 Å². The van der Waals surface area contributed by atoms with Crippen molar-refractivity contribution in [3.8, 4) is 11.3 Å². The van der Waals surface area contributed by atoms with Crippen molar-refractivity contribution >= 4 is 5.95 Å². The average Bonchev–Trinajstić information content (AvgIpc) is 2.36. The first-order valence-corrected chi connectivity index (χ1v) is 6.13. The topological polar surface area (TPSA) is 37.8 Å². The van der Waals surface area contributed by atoms with E-state index < -0.39 is 17.7 Å². The zero-order valence-corrected chi connectivity index (χ0v) is 11.6. The molecule has 0 amide bonds. The van der Waals surface area contributed by atoms with Gasteiger partial charge in [-0.2, -0.15) is 13.2 Å². The summed E-state index contributed by atoms with van der Waals surface area (Å²) in [7, 11) is 1.40. The highest BCUT2D eigenvalue weighted by molar-refractivity contribution is 5.66. The van der Waals surface area contributed by atoms with E-state index in [4.69, 9.17) is 0 Å². The molecular formula is C14H13F4N3. The van der Waals surface area contributed by atoms with E-state index in [9.17, 15) is 17.6 Å². The molecule has 2 aromatic rings. The van der Waals surface area contributed by atoms with Crippen molar-refractivity contribution in [3.63, 3.8) is 0 Å². The normalized spacial score (nSPS) is 11.6. The Morgan fingerprint density at radius 1 is 1.05 bits per heavy atom. The Bertz CT molecular complexity index is 657. The monoisotopic (exact) mass is 299 g/mol. The first kappa shape index (κ1) is 15.2. The molecule has 1 aromatic carbocycles. The van der Waals surface area contributed by atoms with Gasteiger partial charge in [0, 0.05) is 12.6 Å². The van der Waals surface area contributed by atoms with Gasteiger partial charge in [0.2, 0.25) is 5.95 Å². The van der Waals surface area contributed by atoms with E-state index >= 15 is 0 Å². The number of anilines is 1. The zero-order valence-electron chi connectivity index (χ0n) is 11.6. The number of alkyl halides is 3. The fraction of sp³-hybridized carbons (Fsp3) is 0.286. The molecule has 1 N–H and O–H groups in total. The van der Waals surface area contributed by atoms with Gasteiger partial charge in [-0.1, -0.05) is 6.07 Å². The second-order valence-corrected chi connectivity index (χ2v) is 4.65. The number of hydrogen-bond acceptors (Lipinski definition) is 3. The summed E-state index contributed by atoms with van der Waals surface area (Å²) in [6, 6.07) is 3.70. The molecule has 0 saturated carbocycles. The summed E-state index contributed by atoms with van der Waals surface area (Å²) in [5.41, 5.74) is 0.0342. The Morgan fingerprint density at radius 2 is 1.71 bits per heavy atom. The Kier molecular flexibility index (Phi) is 3.85. The maximum absolute atomic E-state index is 14.1. The van der Waals surface area contributed by atoms with Gasteiger partial charge in [-0.05, 0) is 37.1 Å². The number of benzene rings is 1. The van der Waals surface area contributed by atoms with Crippen LogP contribution < -0.4 is 5.32 Å². The molecule has 112 valence electrons. The van der Waals surface area contributed by atoms with Crippen molar-refractivity contribution in [1.29, 1.82) is 0 Å². The van der Waals surface area contributed by atoms with Crippen LogP contribution in [0.3, 0.4) is 0 Å². The van der Waals surface area contributed by atoms with E-state index in [0.717, 1.165) is 6.07 Å². The summed E-state index contributed by atoms with van der Waals surface area (Å²) in [4.78, 5) is 7.28. The van der Waals surface area contributed by atoms with Gasteiger partial charge < -0.3 is 5.32 Å². The minimum absolute atomic E-state index is 0.0463. The smallest absolute Gasteiger partial charge is 0.357 e. The van der Waals surface area contributed by atoms with Crippen LogP contribution in [-0.4, -0.2) is 17.0 Å². The van der Waals surface area contributed by atoms with Crippen molar-refractivity contribution in [2.45, 2.75) is 20.0 Å². The minimum Gasteiger partial charge on any atom is -0.357 e. The van der Waals surface area contributed by atoms with Crippen LogP contribution in [0.5, 0.6) is 0 Å². The highest BCUT2D eigenvalue weighted by Crippen LogP contribution is 2.33. The summed E-state index contributed by atoms with van der Waals surface area (Å²) in [5.74, 6) is -0.819. The molecule has 0 fully saturated rings. The van der Waals surface area contributed by atoms with Crippen LogP contribution in [0.1, 0.15) is 16.8 Å². The second kappa shape index (κ2) is 5.31. The Balaban J connectivity index is 2.70. The molecule has 0 bridgehead atoms. The average molecular weight is 299 g/mol. The molecule has 0 radical (unpaired) electrons. The SMILES string of the molecule is CNc1nc(-c2c(C)cc(C)cc2F)cc(C(F)(F)F)n1. The van der Waals surface area contributed by atoms with Gasteiger partial charge in [0.15, 0.2) is 5.69 Å². The van der Waals surface area contributed by atoms with Gasteiger partial charge >= 0.3 is 6.18 Å². The van der Waals surface area contributed by atoms with Crippen molar-refractivity contribution in [2.75, 3.05) is 12.4 Å². The number of hydrogen-bond donors (Lipinski definition) is 1. The molecule has 21 heavy (non-hydrogen) atoms. The first-order valence-electron chi connectivity index (χ1n) is 6.13. The summed E-state index contributed by atoms with van der Waals surface area (Å²) in [6.45, 7) is 3.33. The van der Waals surface area contributed by atoms with Gasteiger partial charge in [0.25, 0.3) is 0 Å². The molecule has 0 saturated heterocycles. The van der Waals surface area contributed by atoms with Gasteiger partial charge in [-0.15, -0.1) is 0 Å². The third kappa shape index (κ3) is 3.12. The quantitative estimate of drug-likeness (QED) is 0.853. The molecule has 0 aliphatic heterocycles. The fourth-order valence-corrected chi connectivity index (χ4v) is 2.07. The molecule has 3 nitrogen and oxygen atoms in total. The summed E-state index contributed by atoms with van der Waals surface area (Å²) in [6.07, 6.45) is -4.63. The highest BCUT2D eigenvalue weighted by atomic mass is 19.4. The Hall–Kier alpha value is -2.18. The van der Waals surface area contributed by atoms with Crippen LogP contribution in [0, 0.1) is 19.7 Å². The van der Waals surface area contributed by atoms with E-state index in [1.165, 1.54) is 13.1 Å². The number of nitrogens with one attached hydrogen (secondary N) is 1. The van der Waals surface area contributed by atoms with E-state index in [0.29, 0.717) is 11.1 Å². The van der Waals surface area contributed by atoms with E-state index in [-0.39, 0.29) is 17.2 Å². The van der Waals surface area contributed by atoms with Crippen molar-refractivity contribution in [2.24, 2.45) is 0 Å². The summed E-state index contributed by atoms with van der Waals surface area (Å²) >= 11 is 0. The molecule has 2 rings (SSSR count). The van der Waals surface area contributed by atoms with Gasteiger partial charge in [-0.25, -0.2) is 14.4 Å². The van der Waals surface area contributed by atoms with Gasteiger partial charge in [0.05, 0.1) is 5.69 Å². The molecule has 0 aliphatic rings. The van der Waals surface area contributed by atoms with Crippen molar-refractivity contribution in [3.05, 3.63) is 40.8 Å². The lowest BCUT2D eigenvalue weighted by Crippen LogP contribution is -2.11. The first-order chi connectivity index (χ1) is 9.72. The number of aryl methyl sites for hydroxylation is 2. The van der Waals surface area contributed by atoms with E-state index in [1.807, 2.05) is 0 Å². The maximum Gasteiger partial charge on any atom is 0.433 e. The minimum atomic E-state index is -4.63. The van der Waals surface area contributed by atoms with Crippen LogP contribution >= 0.6 is 0 Å². The van der Waals surface area contributed by atoms with E-state index in [2.05, 4.69) is 15.3 Å². The van der Waals surface area contributed by atoms with Crippen LogP contribution in [-0.2, 0) is 6.18 Å². The lowest BCUT2D eigenvalue weighted by atomic mass is 10.0. The number of nitrogens with zero attached hydrogens (tertiary/aromatic N) is 2. The maximum atomic E-state index is 14.1. The van der Waals surface area contributed by atoms with E-state index in [1.54, 1.807) is 19.9 Å². The van der Waals surface area contributed by atoms with Crippen LogP contribution in [0.4, 0.5) is 23.5 Å². The lowest BCUT2D eigenvalue weighted by molar-refractivity contribution is -0.141. The lowest BCUT2D eigenvalue weighted by Gasteiger charge is -2.13. The zero-order chi connectivity index (χ0) is 15.8. The Morgan fingerprint density at radius 3 is 2.24 bits per heavy atom. The second-order valence-electron chi connectivity index (χ2n) is 4.65. The predicted molar refractivity (Wildman–Crippen MR) is 71.4 cm³/mol. The fourth-order valence-electron chi connectivity index (χ4n) is 2.07. The predicted octanol–water partition coefficient (Wildman–Crippen LogP) is 3.96. The molecule has 7 heteroatoms. The molecular weight excluding hydrogens is 286 g/mol. The third-order valence-corrected chi connectivity index (χ3v) is 2.93. The molecule has 0 spiro atoms. The molecule has 0 atom stereocenters. The van der Waals surface area contributed by atoms with Crippen LogP contribution in [0.25, 0.3) is 11.3 Å². The standard InChI is InChI=1S/C14H13F4N3/c1-7-4-8(2)12(9(15)5-7)10-6-11(14(16,17)18)21-13(19-3)20-10/h4-6H,1-3H3,(H,19,20,21). The largest absolute Gasteiger partial charge is 0.433 e. The van der Waals surface area contributed by atoms with Gasteiger partial charge in [-0.3, -0.25) is 0 Å². The summed E-state index contributed by atoms with van der Waals surface area (Å²) < 4.78 is 52.7.